The van der Waals surface area contributed by atoms with Gasteiger partial charge in [-0.05, 0) is 49.3 Å². The van der Waals surface area contributed by atoms with Crippen LogP contribution in [-0.4, -0.2) is 14.8 Å². The van der Waals surface area contributed by atoms with Gasteiger partial charge >= 0.3 is 6.18 Å². The Morgan fingerprint density at radius 2 is 1.84 bits per heavy atom. The Bertz CT molecular complexity index is 650. The van der Waals surface area contributed by atoms with Crippen LogP contribution in [0.3, 0.4) is 0 Å². The molecule has 1 saturated carbocycles. The molecule has 0 aliphatic heterocycles. The number of nitrogens with zero attached hydrogens (tertiary/aromatic N) is 2. The average Bonchev–Trinajstić information content (AvgIpc) is 3.12. The second-order valence-electron chi connectivity index (χ2n) is 4.54. The molecule has 0 bridgehead atoms. The number of aromatic amines is 1. The largest absolute Gasteiger partial charge is 0.416 e. The van der Waals surface area contributed by atoms with E-state index in [4.69, 9.17) is 12.2 Å². The van der Waals surface area contributed by atoms with Crippen molar-refractivity contribution in [2.24, 2.45) is 0 Å². The Labute approximate surface area is 112 Å². The molecule has 2 aromatic rings. The van der Waals surface area contributed by atoms with E-state index in [1.165, 1.54) is 12.1 Å². The van der Waals surface area contributed by atoms with Gasteiger partial charge in [0.15, 0.2) is 4.77 Å². The Kier molecular flexibility index (Phi) is 2.74. The van der Waals surface area contributed by atoms with E-state index < -0.39 is 11.7 Å². The number of alkyl halides is 3. The first-order valence-electron chi connectivity index (χ1n) is 5.82. The maximum atomic E-state index is 12.5. The summed E-state index contributed by atoms with van der Waals surface area (Å²) in [6.45, 7) is 0. The molecule has 0 amide bonds. The summed E-state index contributed by atoms with van der Waals surface area (Å²) in [4.78, 5) is 0. The molecule has 0 radical (unpaired) electrons. The van der Waals surface area contributed by atoms with Crippen molar-refractivity contribution in [1.82, 2.24) is 14.8 Å². The van der Waals surface area contributed by atoms with Gasteiger partial charge in [-0.1, -0.05) is 0 Å². The van der Waals surface area contributed by atoms with E-state index in [1.807, 2.05) is 0 Å². The van der Waals surface area contributed by atoms with Gasteiger partial charge in [0.1, 0.15) is 5.82 Å². The molecule has 1 N–H and O–H groups in total. The smallest absolute Gasteiger partial charge is 0.272 e. The van der Waals surface area contributed by atoms with Crippen molar-refractivity contribution in [2.45, 2.75) is 24.9 Å². The lowest BCUT2D eigenvalue weighted by molar-refractivity contribution is -0.137. The Hall–Kier alpha value is -1.63. The van der Waals surface area contributed by atoms with Crippen molar-refractivity contribution in [3.8, 4) is 5.69 Å². The molecule has 0 atom stereocenters. The lowest BCUT2D eigenvalue weighted by atomic mass is 10.2. The first kappa shape index (κ1) is 12.4. The zero-order valence-corrected chi connectivity index (χ0v) is 10.6. The highest BCUT2D eigenvalue weighted by molar-refractivity contribution is 7.71. The van der Waals surface area contributed by atoms with Gasteiger partial charge in [-0.15, -0.1) is 0 Å². The standard InChI is InChI=1S/C12H10F3N3S/c13-12(14,15)8-3-5-9(6-4-8)18-10(7-1-2-7)16-17-11(18)19/h3-7H,1-2H2,(H,17,19). The van der Waals surface area contributed by atoms with Crippen LogP contribution < -0.4 is 0 Å². The van der Waals surface area contributed by atoms with E-state index >= 15 is 0 Å². The number of rotatable bonds is 2. The van der Waals surface area contributed by atoms with E-state index in [0.717, 1.165) is 30.8 Å². The number of benzene rings is 1. The molecule has 100 valence electrons. The van der Waals surface area contributed by atoms with Crippen LogP contribution in [0.5, 0.6) is 0 Å². The van der Waals surface area contributed by atoms with Gasteiger partial charge in [-0.2, -0.15) is 18.3 Å². The van der Waals surface area contributed by atoms with Crippen LogP contribution in [0.2, 0.25) is 0 Å². The SMILES string of the molecule is FC(F)(F)c1ccc(-n2c(C3CC3)n[nH]c2=S)cc1. The first-order valence-corrected chi connectivity index (χ1v) is 6.22. The molecule has 19 heavy (non-hydrogen) atoms. The van der Waals surface area contributed by atoms with Crippen LogP contribution in [0.1, 0.15) is 30.1 Å². The molecule has 0 spiro atoms. The molecule has 1 aromatic carbocycles. The van der Waals surface area contributed by atoms with Crippen molar-refractivity contribution in [1.29, 1.82) is 0 Å². The molecular weight excluding hydrogens is 275 g/mol. The van der Waals surface area contributed by atoms with E-state index in [1.54, 1.807) is 4.57 Å². The summed E-state index contributed by atoms with van der Waals surface area (Å²) in [5.41, 5.74) is -0.0621. The quantitative estimate of drug-likeness (QED) is 0.851. The predicted octanol–water partition coefficient (Wildman–Crippen LogP) is 3.83. The van der Waals surface area contributed by atoms with Gasteiger partial charge in [0, 0.05) is 11.6 Å². The summed E-state index contributed by atoms with van der Waals surface area (Å²) >= 11 is 5.13. The van der Waals surface area contributed by atoms with Crippen LogP contribution in [0, 0.1) is 4.77 Å². The molecule has 1 aliphatic rings. The van der Waals surface area contributed by atoms with Crippen molar-refractivity contribution >= 4 is 12.2 Å². The molecule has 1 aromatic heterocycles. The third-order valence-corrected chi connectivity index (χ3v) is 3.37. The van der Waals surface area contributed by atoms with Gasteiger partial charge < -0.3 is 0 Å². The Morgan fingerprint density at radius 3 is 2.37 bits per heavy atom. The van der Waals surface area contributed by atoms with Crippen LogP contribution in [0.4, 0.5) is 13.2 Å². The molecule has 0 unspecified atom stereocenters. The molecule has 3 nitrogen and oxygen atoms in total. The zero-order chi connectivity index (χ0) is 13.6. The summed E-state index contributed by atoms with van der Waals surface area (Å²) in [7, 11) is 0. The highest BCUT2D eigenvalue weighted by Crippen LogP contribution is 2.40. The topological polar surface area (TPSA) is 33.6 Å². The maximum absolute atomic E-state index is 12.5. The minimum atomic E-state index is -4.32. The molecule has 0 saturated heterocycles. The van der Waals surface area contributed by atoms with E-state index in [0.29, 0.717) is 16.4 Å². The Morgan fingerprint density at radius 1 is 1.21 bits per heavy atom. The van der Waals surface area contributed by atoms with Crippen LogP contribution >= 0.6 is 12.2 Å². The Balaban J connectivity index is 2.03. The van der Waals surface area contributed by atoms with Crippen molar-refractivity contribution in [2.75, 3.05) is 0 Å². The molecule has 1 heterocycles. The van der Waals surface area contributed by atoms with Gasteiger partial charge in [0.2, 0.25) is 0 Å². The molecule has 1 aliphatic carbocycles. The summed E-state index contributed by atoms with van der Waals surface area (Å²) in [6, 6.07) is 4.95. The number of H-pyrrole nitrogens is 1. The predicted molar refractivity (Wildman–Crippen MR) is 65.7 cm³/mol. The van der Waals surface area contributed by atoms with Gasteiger partial charge in [-0.25, -0.2) is 0 Å². The second kappa shape index (κ2) is 4.19. The molecule has 3 rings (SSSR count). The summed E-state index contributed by atoms with van der Waals surface area (Å²) in [6.07, 6.45) is -2.24. The fourth-order valence-electron chi connectivity index (χ4n) is 1.97. The third kappa shape index (κ3) is 2.30. The maximum Gasteiger partial charge on any atom is 0.416 e. The van der Waals surface area contributed by atoms with Crippen LogP contribution in [-0.2, 0) is 6.18 Å². The summed E-state index contributed by atoms with van der Waals surface area (Å²) in [5.74, 6) is 1.15. The fraction of sp³-hybridized carbons (Fsp3) is 0.333. The lowest BCUT2D eigenvalue weighted by Crippen LogP contribution is -2.06. The minimum absolute atomic E-state index is 0.357. The van der Waals surface area contributed by atoms with Crippen molar-refractivity contribution in [3.63, 3.8) is 0 Å². The van der Waals surface area contributed by atoms with Gasteiger partial charge in [-0.3, -0.25) is 9.67 Å². The van der Waals surface area contributed by atoms with Crippen LogP contribution in [0.15, 0.2) is 24.3 Å². The second-order valence-corrected chi connectivity index (χ2v) is 4.93. The number of nitrogens with one attached hydrogen (secondary N) is 1. The molecule has 7 heteroatoms. The highest BCUT2D eigenvalue weighted by atomic mass is 32.1. The molecular formula is C12H10F3N3S. The number of hydrogen-bond acceptors (Lipinski definition) is 2. The summed E-state index contributed by atoms with van der Waals surface area (Å²) < 4.78 is 39.6. The van der Waals surface area contributed by atoms with Crippen molar-refractivity contribution < 1.29 is 13.2 Å². The normalized spacial score (nSPS) is 15.7. The average molecular weight is 285 g/mol. The zero-order valence-electron chi connectivity index (χ0n) is 9.74. The number of hydrogen-bond donors (Lipinski definition) is 1. The van der Waals surface area contributed by atoms with Crippen molar-refractivity contribution in [3.05, 3.63) is 40.4 Å². The fourth-order valence-corrected chi connectivity index (χ4v) is 2.22. The van der Waals surface area contributed by atoms with Gasteiger partial charge in [0.25, 0.3) is 0 Å². The van der Waals surface area contributed by atoms with E-state index in [-0.39, 0.29) is 0 Å². The van der Waals surface area contributed by atoms with E-state index in [9.17, 15) is 13.2 Å². The highest BCUT2D eigenvalue weighted by Gasteiger charge is 2.31. The van der Waals surface area contributed by atoms with Gasteiger partial charge in [0.05, 0.1) is 5.56 Å². The first-order chi connectivity index (χ1) is 8.97. The number of halogens is 3. The van der Waals surface area contributed by atoms with E-state index in [2.05, 4.69) is 10.2 Å². The molecule has 1 fully saturated rings. The minimum Gasteiger partial charge on any atom is -0.272 e. The summed E-state index contributed by atoms with van der Waals surface area (Å²) in [5, 5.41) is 6.84. The van der Waals surface area contributed by atoms with Crippen LogP contribution in [0.25, 0.3) is 5.69 Å². The lowest BCUT2D eigenvalue weighted by Gasteiger charge is -2.09. The monoisotopic (exact) mass is 285 g/mol. The third-order valence-electron chi connectivity index (χ3n) is 3.09. The number of aromatic nitrogens is 3.